The summed E-state index contributed by atoms with van der Waals surface area (Å²) in [5.41, 5.74) is 0.849. The van der Waals surface area contributed by atoms with E-state index in [0.717, 1.165) is 62.2 Å². The predicted molar refractivity (Wildman–Crippen MR) is 139 cm³/mol. The number of unbranched alkanes of at least 4 members (excludes halogenated alkanes) is 1. The van der Waals surface area contributed by atoms with Crippen LogP contribution in [0, 0.1) is 12.3 Å². The smallest absolute Gasteiger partial charge is 0.317 e. The second kappa shape index (κ2) is 13.1. The number of rotatable bonds is 10. The van der Waals surface area contributed by atoms with E-state index in [2.05, 4.69) is 22.7 Å². The lowest BCUT2D eigenvalue weighted by Gasteiger charge is -2.39. The summed E-state index contributed by atoms with van der Waals surface area (Å²) in [7, 11) is 0. The maximum Gasteiger partial charge on any atom is 0.416 e. The topological polar surface area (TPSA) is 52.7 Å². The Kier molecular flexibility index (Phi) is 9.93. The van der Waals surface area contributed by atoms with Crippen molar-refractivity contribution in [1.82, 2.24) is 9.80 Å². The molecule has 0 aromatic heterocycles. The van der Waals surface area contributed by atoms with Gasteiger partial charge in [-0.3, -0.25) is 4.79 Å². The lowest BCUT2D eigenvalue weighted by molar-refractivity contribution is -0.137. The number of carbonyl (C=O) groups excluding carboxylic acids is 2. The average molecular weight is 512 g/mol. The van der Waals surface area contributed by atoms with Crippen LogP contribution in [0.25, 0.3) is 0 Å². The number of ketones is 1. The van der Waals surface area contributed by atoms with Gasteiger partial charge in [0, 0.05) is 44.2 Å². The lowest BCUT2D eigenvalue weighted by atomic mass is 9.99. The third-order valence-corrected chi connectivity index (χ3v) is 6.55. The normalized spacial score (nSPS) is 14.5. The monoisotopic (exact) mass is 511 g/mol. The van der Waals surface area contributed by atoms with E-state index in [-0.39, 0.29) is 30.5 Å². The summed E-state index contributed by atoms with van der Waals surface area (Å²) in [5, 5.41) is 2.66. The zero-order valence-electron chi connectivity index (χ0n) is 20.8. The number of benzene rings is 2. The Morgan fingerprint density at radius 1 is 1.14 bits per heavy atom. The van der Waals surface area contributed by atoms with E-state index in [4.69, 9.17) is 6.42 Å². The maximum absolute atomic E-state index is 13.5. The summed E-state index contributed by atoms with van der Waals surface area (Å²) in [6.07, 6.45) is 5.34. The van der Waals surface area contributed by atoms with E-state index >= 15 is 0 Å². The van der Waals surface area contributed by atoms with Crippen LogP contribution in [0.1, 0.15) is 42.4 Å². The number of alkyl halides is 3. The van der Waals surface area contributed by atoms with Gasteiger partial charge in [-0.1, -0.05) is 36.9 Å². The van der Waals surface area contributed by atoms with Crippen molar-refractivity contribution in [3.05, 3.63) is 77.9 Å². The van der Waals surface area contributed by atoms with Gasteiger partial charge >= 0.3 is 12.2 Å². The van der Waals surface area contributed by atoms with E-state index in [9.17, 15) is 22.8 Å². The van der Waals surface area contributed by atoms with E-state index in [1.54, 1.807) is 4.90 Å². The van der Waals surface area contributed by atoms with Gasteiger partial charge in [0.25, 0.3) is 0 Å². The van der Waals surface area contributed by atoms with Crippen molar-refractivity contribution >= 4 is 17.5 Å². The SMILES string of the molecule is C#CCCCN1CCC(N(Cc2ccccc2CC(=O)C=C)C(=O)Nc2cccc(C(F)(F)F)c2)CC1. The first-order valence-electron chi connectivity index (χ1n) is 12.3. The third kappa shape index (κ3) is 8.22. The highest BCUT2D eigenvalue weighted by atomic mass is 19.4. The number of piperidine rings is 1. The molecular formula is C29H32F3N3O2. The molecule has 2 amide bonds. The Bertz CT molecular complexity index is 1130. The van der Waals surface area contributed by atoms with E-state index in [1.807, 2.05) is 24.3 Å². The Balaban J connectivity index is 1.81. The highest BCUT2D eigenvalue weighted by Crippen LogP contribution is 2.31. The summed E-state index contributed by atoms with van der Waals surface area (Å²) < 4.78 is 39.6. The van der Waals surface area contributed by atoms with Crippen LogP contribution >= 0.6 is 0 Å². The summed E-state index contributed by atoms with van der Waals surface area (Å²) in [6.45, 7) is 6.23. The van der Waals surface area contributed by atoms with Crippen LogP contribution in [0.2, 0.25) is 0 Å². The molecule has 0 atom stereocenters. The molecule has 1 saturated heterocycles. The van der Waals surface area contributed by atoms with Crippen LogP contribution < -0.4 is 5.32 Å². The first-order chi connectivity index (χ1) is 17.7. The Labute approximate surface area is 216 Å². The molecule has 1 aliphatic heterocycles. The minimum Gasteiger partial charge on any atom is -0.317 e. The second-order valence-electron chi connectivity index (χ2n) is 9.13. The number of likely N-dealkylation sites (tertiary alicyclic amines) is 1. The number of terminal acetylenes is 1. The zero-order valence-corrected chi connectivity index (χ0v) is 20.8. The first kappa shape index (κ1) is 28.0. The Morgan fingerprint density at radius 2 is 1.84 bits per heavy atom. The van der Waals surface area contributed by atoms with Gasteiger partial charge in [0.15, 0.2) is 5.78 Å². The number of urea groups is 1. The van der Waals surface area contributed by atoms with Crippen molar-refractivity contribution < 1.29 is 22.8 Å². The van der Waals surface area contributed by atoms with Crippen molar-refractivity contribution in [2.24, 2.45) is 0 Å². The summed E-state index contributed by atoms with van der Waals surface area (Å²) in [5.74, 6) is 2.52. The molecule has 3 rings (SSSR count). The molecule has 1 heterocycles. The molecule has 0 unspecified atom stereocenters. The van der Waals surface area contributed by atoms with Crippen LogP contribution in [0.5, 0.6) is 0 Å². The minimum absolute atomic E-state index is 0.0756. The molecule has 1 N–H and O–H groups in total. The number of nitrogens with zero attached hydrogens (tertiary/aromatic N) is 2. The largest absolute Gasteiger partial charge is 0.416 e. The number of hydrogen-bond donors (Lipinski definition) is 1. The molecule has 2 aromatic rings. The molecule has 8 heteroatoms. The predicted octanol–water partition coefficient (Wildman–Crippen LogP) is 5.91. The average Bonchev–Trinajstić information content (AvgIpc) is 2.88. The molecule has 1 fully saturated rings. The third-order valence-electron chi connectivity index (χ3n) is 6.55. The molecule has 0 radical (unpaired) electrons. The molecule has 0 bridgehead atoms. The van der Waals surface area contributed by atoms with Crippen molar-refractivity contribution in [2.45, 2.75) is 50.9 Å². The Hall–Kier alpha value is -3.57. The van der Waals surface area contributed by atoms with Gasteiger partial charge in [-0.05, 0) is 61.2 Å². The number of allylic oxidation sites excluding steroid dienone is 1. The van der Waals surface area contributed by atoms with Gasteiger partial charge in [-0.2, -0.15) is 13.2 Å². The van der Waals surface area contributed by atoms with Crippen molar-refractivity contribution in [3.8, 4) is 12.3 Å². The van der Waals surface area contributed by atoms with Gasteiger partial charge in [0.05, 0.1) is 5.56 Å². The van der Waals surface area contributed by atoms with Gasteiger partial charge < -0.3 is 15.1 Å². The van der Waals surface area contributed by atoms with E-state index in [1.165, 1.54) is 18.2 Å². The number of nitrogens with one attached hydrogen (secondary N) is 1. The van der Waals surface area contributed by atoms with Crippen LogP contribution in [0.15, 0.2) is 61.2 Å². The highest BCUT2D eigenvalue weighted by molar-refractivity contribution is 5.91. The summed E-state index contributed by atoms with van der Waals surface area (Å²) in [4.78, 5) is 29.5. The fraction of sp³-hybridized carbons (Fsp3) is 0.379. The van der Waals surface area contributed by atoms with Crippen LogP contribution in [-0.2, 0) is 23.9 Å². The van der Waals surface area contributed by atoms with Crippen molar-refractivity contribution in [3.63, 3.8) is 0 Å². The number of anilines is 1. The molecule has 5 nitrogen and oxygen atoms in total. The van der Waals surface area contributed by atoms with Crippen molar-refractivity contribution in [2.75, 3.05) is 25.0 Å². The molecule has 0 aliphatic carbocycles. The highest BCUT2D eigenvalue weighted by Gasteiger charge is 2.32. The summed E-state index contributed by atoms with van der Waals surface area (Å²) in [6, 6.07) is 11.4. The number of carbonyl (C=O) groups is 2. The number of hydrogen-bond acceptors (Lipinski definition) is 3. The molecule has 0 spiro atoms. The van der Waals surface area contributed by atoms with Crippen molar-refractivity contribution in [1.29, 1.82) is 0 Å². The van der Waals surface area contributed by atoms with Gasteiger partial charge in [0.1, 0.15) is 0 Å². The van der Waals surface area contributed by atoms with Gasteiger partial charge in [-0.15, -0.1) is 12.3 Å². The maximum atomic E-state index is 13.5. The molecular weight excluding hydrogens is 479 g/mol. The minimum atomic E-state index is -4.51. The first-order valence-corrected chi connectivity index (χ1v) is 12.3. The van der Waals surface area contributed by atoms with Crippen LogP contribution in [0.3, 0.4) is 0 Å². The molecule has 0 saturated carbocycles. The molecule has 196 valence electrons. The molecule has 1 aliphatic rings. The molecule has 2 aromatic carbocycles. The summed E-state index contributed by atoms with van der Waals surface area (Å²) >= 11 is 0. The van der Waals surface area contributed by atoms with Crippen LogP contribution in [0.4, 0.5) is 23.7 Å². The number of halogens is 3. The van der Waals surface area contributed by atoms with Gasteiger partial charge in [-0.25, -0.2) is 4.79 Å². The quantitative estimate of drug-likeness (QED) is 0.245. The Morgan fingerprint density at radius 3 is 2.49 bits per heavy atom. The fourth-order valence-corrected chi connectivity index (χ4v) is 4.52. The van der Waals surface area contributed by atoms with Gasteiger partial charge in [0.2, 0.25) is 0 Å². The second-order valence-corrected chi connectivity index (χ2v) is 9.13. The zero-order chi connectivity index (χ0) is 26.8. The fourth-order valence-electron chi connectivity index (χ4n) is 4.52. The molecule has 37 heavy (non-hydrogen) atoms. The number of amides is 2. The van der Waals surface area contributed by atoms with E-state index in [0.29, 0.717) is 6.42 Å². The standard InChI is InChI=1S/C29H32F3N3O2/c1-3-5-8-16-34-17-14-26(15-18-34)35(21-23-11-7-6-10-22(23)19-27(36)4-2)28(37)33-25-13-9-12-24(20-25)29(30,31)32/h1,4,6-7,9-13,20,26H,2,5,8,14-19,21H2,(H,33,37). The van der Waals surface area contributed by atoms with Crippen LogP contribution in [-0.4, -0.2) is 47.3 Å². The van der Waals surface area contributed by atoms with E-state index < -0.39 is 17.8 Å². The lowest BCUT2D eigenvalue weighted by Crippen LogP contribution is -2.48.